The summed E-state index contributed by atoms with van der Waals surface area (Å²) in [4.78, 5) is 4.04. The number of piperazine rings is 1. The van der Waals surface area contributed by atoms with E-state index < -0.39 is 0 Å². The van der Waals surface area contributed by atoms with Crippen LogP contribution in [0.3, 0.4) is 0 Å². The van der Waals surface area contributed by atoms with Gasteiger partial charge in [-0.1, -0.05) is 18.2 Å². The van der Waals surface area contributed by atoms with Crippen molar-refractivity contribution in [2.24, 2.45) is 0 Å². The van der Waals surface area contributed by atoms with Gasteiger partial charge in [-0.05, 0) is 24.3 Å². The molecule has 3 rings (SSSR count). The Bertz CT molecular complexity index is 637. The Kier molecular flexibility index (Phi) is 5.03. The van der Waals surface area contributed by atoms with E-state index in [1.54, 1.807) is 19.1 Å². The number of para-hydroxylation sites is 1. The van der Waals surface area contributed by atoms with Crippen LogP contribution in [0.25, 0.3) is 0 Å². The highest BCUT2D eigenvalue weighted by Crippen LogP contribution is 2.21. The fourth-order valence-corrected chi connectivity index (χ4v) is 3.18. The lowest BCUT2D eigenvalue weighted by Gasteiger charge is -2.34. The molecule has 0 saturated carbocycles. The molecule has 1 aliphatic heterocycles. The predicted octanol–water partition coefficient (Wildman–Crippen LogP) is 1.61. The van der Waals surface area contributed by atoms with E-state index in [0.29, 0.717) is 0 Å². The summed E-state index contributed by atoms with van der Waals surface area (Å²) in [5, 5.41) is 0. The Balaban J connectivity index is 1.60. The molecule has 0 amide bonds. The van der Waals surface area contributed by atoms with Gasteiger partial charge in [0.05, 0.1) is 40.4 Å². The quantitative estimate of drug-likeness (QED) is 0.908. The second-order valence-electron chi connectivity index (χ2n) is 5.93. The molecule has 0 spiro atoms. The van der Waals surface area contributed by atoms with Crippen LogP contribution in [0.1, 0.15) is 5.56 Å². The van der Waals surface area contributed by atoms with Crippen LogP contribution >= 0.6 is 0 Å². The van der Waals surface area contributed by atoms with E-state index >= 15 is 0 Å². The SMILES string of the molecule is COc1cccc(N2CC[NH+](Cc3ccccc3OC)CC2)c1. The van der Waals surface area contributed by atoms with Crippen LogP contribution in [-0.4, -0.2) is 40.4 Å². The maximum Gasteiger partial charge on any atom is 0.127 e. The Morgan fingerprint density at radius 1 is 0.957 bits per heavy atom. The van der Waals surface area contributed by atoms with E-state index in [1.165, 1.54) is 11.3 Å². The fourth-order valence-electron chi connectivity index (χ4n) is 3.18. The van der Waals surface area contributed by atoms with Crippen molar-refractivity contribution in [3.63, 3.8) is 0 Å². The van der Waals surface area contributed by atoms with Crippen molar-refractivity contribution in [3.05, 3.63) is 54.1 Å². The number of anilines is 1. The molecule has 4 nitrogen and oxygen atoms in total. The lowest BCUT2D eigenvalue weighted by atomic mass is 10.1. The number of nitrogens with zero attached hydrogens (tertiary/aromatic N) is 1. The maximum atomic E-state index is 5.47. The topological polar surface area (TPSA) is 26.1 Å². The first-order chi connectivity index (χ1) is 11.3. The summed E-state index contributed by atoms with van der Waals surface area (Å²) < 4.78 is 10.8. The highest BCUT2D eigenvalue weighted by atomic mass is 16.5. The van der Waals surface area contributed by atoms with Crippen LogP contribution < -0.4 is 19.3 Å². The Morgan fingerprint density at radius 2 is 1.74 bits per heavy atom. The van der Waals surface area contributed by atoms with Crippen molar-refractivity contribution < 1.29 is 14.4 Å². The summed E-state index contributed by atoms with van der Waals surface area (Å²) in [5.74, 6) is 1.92. The maximum absolute atomic E-state index is 5.47. The zero-order valence-corrected chi connectivity index (χ0v) is 13.9. The minimum Gasteiger partial charge on any atom is -0.497 e. The van der Waals surface area contributed by atoms with Gasteiger partial charge in [0.2, 0.25) is 0 Å². The lowest BCUT2D eigenvalue weighted by molar-refractivity contribution is -0.914. The smallest absolute Gasteiger partial charge is 0.127 e. The first-order valence-corrected chi connectivity index (χ1v) is 8.14. The third-order valence-corrected chi connectivity index (χ3v) is 4.52. The predicted molar refractivity (Wildman–Crippen MR) is 92.6 cm³/mol. The molecule has 0 aromatic heterocycles. The molecule has 4 heteroatoms. The van der Waals surface area contributed by atoms with Gasteiger partial charge in [0.15, 0.2) is 0 Å². The van der Waals surface area contributed by atoms with E-state index in [-0.39, 0.29) is 0 Å². The molecule has 1 saturated heterocycles. The summed E-state index contributed by atoms with van der Waals surface area (Å²) in [6.45, 7) is 5.43. The standard InChI is InChI=1S/C19H24N2O2/c1-22-18-8-5-7-17(14-18)21-12-10-20(11-13-21)15-16-6-3-4-9-19(16)23-2/h3-9,14H,10-13,15H2,1-2H3/p+1. The molecule has 1 aliphatic rings. The van der Waals surface area contributed by atoms with Crippen LogP contribution in [-0.2, 0) is 6.54 Å². The van der Waals surface area contributed by atoms with Gasteiger partial charge in [-0.15, -0.1) is 0 Å². The normalized spacial score (nSPS) is 15.5. The molecule has 1 N–H and O–H groups in total. The van der Waals surface area contributed by atoms with E-state index in [0.717, 1.165) is 44.2 Å². The van der Waals surface area contributed by atoms with Gasteiger partial charge in [0, 0.05) is 17.3 Å². The molecule has 2 aromatic rings. The van der Waals surface area contributed by atoms with Crippen LogP contribution in [0.4, 0.5) is 5.69 Å². The van der Waals surface area contributed by atoms with Gasteiger partial charge >= 0.3 is 0 Å². The average molecular weight is 313 g/mol. The summed E-state index contributed by atoms with van der Waals surface area (Å²) in [5.41, 5.74) is 2.54. The van der Waals surface area contributed by atoms with E-state index in [2.05, 4.69) is 35.2 Å². The largest absolute Gasteiger partial charge is 0.497 e. The molecule has 1 heterocycles. The zero-order chi connectivity index (χ0) is 16.1. The molecule has 0 atom stereocenters. The van der Waals surface area contributed by atoms with Crippen molar-refractivity contribution in [3.8, 4) is 11.5 Å². The monoisotopic (exact) mass is 313 g/mol. The van der Waals surface area contributed by atoms with E-state index in [1.807, 2.05) is 18.2 Å². The Morgan fingerprint density at radius 3 is 2.48 bits per heavy atom. The number of ether oxygens (including phenoxy) is 2. The molecule has 23 heavy (non-hydrogen) atoms. The van der Waals surface area contributed by atoms with Gasteiger partial charge in [-0.2, -0.15) is 0 Å². The number of methoxy groups -OCH3 is 2. The fraction of sp³-hybridized carbons (Fsp3) is 0.368. The van der Waals surface area contributed by atoms with Crippen LogP contribution in [0, 0.1) is 0 Å². The molecule has 0 bridgehead atoms. The van der Waals surface area contributed by atoms with Crippen LogP contribution in [0.2, 0.25) is 0 Å². The molecular weight excluding hydrogens is 288 g/mol. The number of nitrogens with one attached hydrogen (secondary N) is 1. The highest BCUT2D eigenvalue weighted by Gasteiger charge is 2.21. The third-order valence-electron chi connectivity index (χ3n) is 4.52. The summed E-state index contributed by atoms with van der Waals surface area (Å²) >= 11 is 0. The van der Waals surface area contributed by atoms with Gasteiger partial charge in [0.25, 0.3) is 0 Å². The summed E-state index contributed by atoms with van der Waals surface area (Å²) in [6.07, 6.45) is 0. The van der Waals surface area contributed by atoms with Crippen LogP contribution in [0.15, 0.2) is 48.5 Å². The molecule has 0 unspecified atom stereocenters. The van der Waals surface area contributed by atoms with E-state index in [4.69, 9.17) is 9.47 Å². The molecule has 122 valence electrons. The molecule has 0 radical (unpaired) electrons. The zero-order valence-electron chi connectivity index (χ0n) is 13.9. The number of hydrogen-bond donors (Lipinski definition) is 1. The second kappa shape index (κ2) is 7.38. The molecule has 0 aliphatic carbocycles. The summed E-state index contributed by atoms with van der Waals surface area (Å²) in [6, 6.07) is 16.7. The van der Waals surface area contributed by atoms with Crippen LogP contribution in [0.5, 0.6) is 11.5 Å². The lowest BCUT2D eigenvalue weighted by Crippen LogP contribution is -3.13. The van der Waals surface area contributed by atoms with Gasteiger partial charge < -0.3 is 19.3 Å². The van der Waals surface area contributed by atoms with Crippen molar-refractivity contribution in [1.82, 2.24) is 0 Å². The van der Waals surface area contributed by atoms with E-state index in [9.17, 15) is 0 Å². The number of benzene rings is 2. The Hall–Kier alpha value is -2.20. The first-order valence-electron chi connectivity index (χ1n) is 8.14. The highest BCUT2D eigenvalue weighted by molar-refractivity contribution is 5.50. The minimum atomic E-state index is 0.922. The van der Waals surface area contributed by atoms with Crippen molar-refractivity contribution in [2.75, 3.05) is 45.3 Å². The molecule has 1 fully saturated rings. The van der Waals surface area contributed by atoms with Gasteiger partial charge in [0.1, 0.15) is 18.0 Å². The number of rotatable bonds is 5. The number of quaternary nitrogens is 1. The molecular formula is C19H25N2O2+. The third kappa shape index (κ3) is 3.77. The number of hydrogen-bond acceptors (Lipinski definition) is 3. The first kappa shape index (κ1) is 15.7. The van der Waals surface area contributed by atoms with Crippen molar-refractivity contribution in [2.45, 2.75) is 6.54 Å². The average Bonchev–Trinajstić information content (AvgIpc) is 2.63. The van der Waals surface area contributed by atoms with Crippen molar-refractivity contribution >= 4 is 5.69 Å². The van der Waals surface area contributed by atoms with Gasteiger partial charge in [-0.25, -0.2) is 0 Å². The molecule has 2 aromatic carbocycles. The van der Waals surface area contributed by atoms with Crippen molar-refractivity contribution in [1.29, 1.82) is 0 Å². The van der Waals surface area contributed by atoms with Gasteiger partial charge in [-0.3, -0.25) is 0 Å². The minimum absolute atomic E-state index is 0.922. The second-order valence-corrected chi connectivity index (χ2v) is 5.93. The summed E-state index contributed by atoms with van der Waals surface area (Å²) in [7, 11) is 3.46. The Labute approximate surface area is 138 Å².